The number of nitrogens with zero attached hydrogens (tertiary/aromatic N) is 2. The molecule has 1 heterocycles. The first-order chi connectivity index (χ1) is 12.6. The minimum atomic E-state index is -4.76. The summed E-state index contributed by atoms with van der Waals surface area (Å²) in [6.07, 6.45) is -2.05. The van der Waals surface area contributed by atoms with Crippen LogP contribution in [-0.2, 0) is 15.7 Å². The molecule has 0 aliphatic rings. The average Bonchev–Trinajstić information content (AvgIpc) is 2.56. The number of esters is 1. The fraction of sp³-hybridized carbons (Fsp3) is 0.235. The van der Waals surface area contributed by atoms with Gasteiger partial charge in [-0.15, -0.1) is 0 Å². The number of carbonyl (C=O) groups is 1. The van der Waals surface area contributed by atoms with Crippen molar-refractivity contribution in [1.29, 1.82) is 0 Å². The van der Waals surface area contributed by atoms with Crippen LogP contribution in [0.5, 0.6) is 0 Å². The first-order valence-corrected chi connectivity index (χ1v) is 7.94. The lowest BCUT2D eigenvalue weighted by Gasteiger charge is -2.13. The number of aromatic nitrogens is 2. The van der Waals surface area contributed by atoms with Gasteiger partial charge in [-0.2, -0.15) is 23.0 Å². The predicted molar refractivity (Wildman–Crippen MR) is 90.2 cm³/mol. The van der Waals surface area contributed by atoms with Gasteiger partial charge in [-0.05, 0) is 37.6 Å². The van der Waals surface area contributed by atoms with E-state index in [2.05, 4.69) is 5.10 Å². The lowest BCUT2D eigenvalue weighted by atomic mass is 10.1. The number of carbonyl (C=O) groups excluding carboxylic acids is 1. The van der Waals surface area contributed by atoms with Gasteiger partial charge in [-0.25, -0.2) is 9.18 Å². The van der Waals surface area contributed by atoms with Gasteiger partial charge in [0.25, 0.3) is 5.56 Å². The van der Waals surface area contributed by atoms with Crippen LogP contribution in [0.3, 0.4) is 0 Å². The molecule has 1 aromatic carbocycles. The Morgan fingerprint density at radius 3 is 2.63 bits per heavy atom. The zero-order valence-electron chi connectivity index (χ0n) is 14.1. The average molecular weight is 405 g/mol. The number of halogens is 5. The topological polar surface area (TPSA) is 61.2 Å². The summed E-state index contributed by atoms with van der Waals surface area (Å²) < 4.78 is 58.1. The zero-order chi connectivity index (χ0) is 20.4. The fourth-order valence-corrected chi connectivity index (χ4v) is 2.40. The monoisotopic (exact) mass is 404 g/mol. The van der Waals surface area contributed by atoms with Crippen LogP contribution >= 0.6 is 11.6 Å². The van der Waals surface area contributed by atoms with Crippen LogP contribution < -0.4 is 5.56 Å². The van der Waals surface area contributed by atoms with Crippen molar-refractivity contribution in [2.24, 2.45) is 0 Å². The van der Waals surface area contributed by atoms with Crippen LogP contribution in [0.25, 0.3) is 11.8 Å². The van der Waals surface area contributed by atoms with Crippen LogP contribution in [0.1, 0.15) is 23.6 Å². The van der Waals surface area contributed by atoms with E-state index in [9.17, 15) is 27.2 Å². The Balaban J connectivity index is 2.57. The van der Waals surface area contributed by atoms with E-state index in [0.29, 0.717) is 10.9 Å². The molecule has 0 aliphatic carbocycles. The van der Waals surface area contributed by atoms with Gasteiger partial charge in [-0.1, -0.05) is 11.6 Å². The molecule has 0 unspecified atom stereocenters. The third-order valence-corrected chi connectivity index (χ3v) is 3.83. The second-order valence-corrected chi connectivity index (χ2v) is 5.72. The summed E-state index contributed by atoms with van der Waals surface area (Å²) in [5.74, 6) is -1.64. The van der Waals surface area contributed by atoms with Crippen LogP contribution in [0.4, 0.5) is 17.6 Å². The van der Waals surface area contributed by atoms with E-state index in [4.69, 9.17) is 16.3 Å². The molecule has 10 heteroatoms. The lowest BCUT2D eigenvalue weighted by molar-refractivity contribution is -0.138. The standard InChI is InChI=1S/C17H13ClF4N2O3/c1-3-27-15(25)5-4-10-6-14(13(19)7-12(10)18)24-16(26)9(2)11(8-23-24)17(20,21)22/h4-8H,3H2,1-2H3. The van der Waals surface area contributed by atoms with Gasteiger partial charge in [0.05, 0.1) is 23.4 Å². The van der Waals surface area contributed by atoms with Gasteiger partial charge >= 0.3 is 12.1 Å². The normalized spacial score (nSPS) is 11.8. The number of hydrogen-bond donors (Lipinski definition) is 0. The van der Waals surface area contributed by atoms with Crippen LogP contribution in [0.15, 0.2) is 29.2 Å². The van der Waals surface area contributed by atoms with Crippen molar-refractivity contribution in [3.8, 4) is 5.69 Å². The van der Waals surface area contributed by atoms with Crippen molar-refractivity contribution in [3.63, 3.8) is 0 Å². The summed E-state index contributed by atoms with van der Waals surface area (Å²) in [5, 5.41) is 3.34. The highest BCUT2D eigenvalue weighted by Gasteiger charge is 2.34. The van der Waals surface area contributed by atoms with E-state index in [1.165, 1.54) is 6.08 Å². The third kappa shape index (κ3) is 4.54. The second-order valence-electron chi connectivity index (χ2n) is 5.31. The summed E-state index contributed by atoms with van der Waals surface area (Å²) in [5.41, 5.74) is -3.24. The molecule has 0 fully saturated rings. The fourth-order valence-electron chi connectivity index (χ4n) is 2.19. The highest BCUT2D eigenvalue weighted by molar-refractivity contribution is 6.32. The molecule has 0 amide bonds. The van der Waals surface area contributed by atoms with Crippen molar-refractivity contribution in [3.05, 3.63) is 62.3 Å². The van der Waals surface area contributed by atoms with E-state index in [1.807, 2.05) is 0 Å². The molecule has 0 bridgehead atoms. The molecule has 0 N–H and O–H groups in total. The zero-order valence-corrected chi connectivity index (χ0v) is 14.9. The molecule has 1 aromatic heterocycles. The summed E-state index contributed by atoms with van der Waals surface area (Å²) in [4.78, 5) is 23.6. The summed E-state index contributed by atoms with van der Waals surface area (Å²) in [6.45, 7) is 2.73. The SMILES string of the molecule is CCOC(=O)C=Cc1cc(-n2ncc(C(F)(F)F)c(C)c2=O)c(F)cc1Cl. The van der Waals surface area contributed by atoms with Crippen molar-refractivity contribution >= 4 is 23.6 Å². The van der Waals surface area contributed by atoms with Crippen LogP contribution in [-0.4, -0.2) is 22.4 Å². The molecule has 0 saturated heterocycles. The van der Waals surface area contributed by atoms with E-state index in [1.54, 1.807) is 6.92 Å². The highest BCUT2D eigenvalue weighted by atomic mass is 35.5. The van der Waals surface area contributed by atoms with E-state index in [0.717, 1.165) is 25.1 Å². The Labute approximate surface area is 155 Å². The second kappa shape index (κ2) is 7.91. The number of benzene rings is 1. The largest absolute Gasteiger partial charge is 0.463 e. The summed E-state index contributed by atoms with van der Waals surface area (Å²) in [6, 6.07) is 1.96. The predicted octanol–water partition coefficient (Wildman–Crippen LogP) is 3.93. The molecule has 2 aromatic rings. The minimum Gasteiger partial charge on any atom is -0.463 e. The Morgan fingerprint density at radius 1 is 1.37 bits per heavy atom. The first-order valence-electron chi connectivity index (χ1n) is 7.56. The maximum absolute atomic E-state index is 14.3. The van der Waals surface area contributed by atoms with E-state index in [-0.39, 0.29) is 17.2 Å². The summed E-state index contributed by atoms with van der Waals surface area (Å²) in [7, 11) is 0. The first kappa shape index (κ1) is 20.6. The molecule has 2 rings (SSSR count). The molecular weight excluding hydrogens is 392 g/mol. The van der Waals surface area contributed by atoms with Crippen LogP contribution in [0.2, 0.25) is 5.02 Å². The molecule has 0 saturated carbocycles. The Bertz CT molecular complexity index is 968. The Hall–Kier alpha value is -2.68. The molecule has 0 atom stereocenters. The van der Waals surface area contributed by atoms with Gasteiger partial charge < -0.3 is 4.74 Å². The van der Waals surface area contributed by atoms with Gasteiger partial charge in [0.2, 0.25) is 0 Å². The van der Waals surface area contributed by atoms with Gasteiger partial charge in [0, 0.05) is 11.6 Å². The molecule has 0 spiro atoms. The van der Waals surface area contributed by atoms with Gasteiger partial charge in [0.1, 0.15) is 5.69 Å². The molecule has 27 heavy (non-hydrogen) atoms. The maximum Gasteiger partial charge on any atom is 0.418 e. The van der Waals surface area contributed by atoms with E-state index < -0.39 is 40.3 Å². The minimum absolute atomic E-state index is 0.0755. The molecule has 0 radical (unpaired) electrons. The summed E-state index contributed by atoms with van der Waals surface area (Å²) >= 11 is 5.91. The molecular formula is C17H13ClF4N2O3. The third-order valence-electron chi connectivity index (χ3n) is 3.50. The van der Waals surface area contributed by atoms with Gasteiger partial charge in [-0.3, -0.25) is 4.79 Å². The Morgan fingerprint density at radius 2 is 2.04 bits per heavy atom. The van der Waals surface area contributed by atoms with Crippen molar-refractivity contribution in [1.82, 2.24) is 9.78 Å². The quantitative estimate of drug-likeness (QED) is 0.440. The number of alkyl halides is 3. The van der Waals surface area contributed by atoms with Crippen molar-refractivity contribution in [2.75, 3.05) is 6.61 Å². The number of rotatable bonds is 4. The number of hydrogen-bond acceptors (Lipinski definition) is 4. The molecule has 144 valence electrons. The maximum atomic E-state index is 14.3. The molecule has 0 aliphatic heterocycles. The van der Waals surface area contributed by atoms with Gasteiger partial charge in [0.15, 0.2) is 5.82 Å². The van der Waals surface area contributed by atoms with E-state index >= 15 is 0 Å². The lowest BCUT2D eigenvalue weighted by Crippen LogP contribution is -2.28. The number of ether oxygens (including phenoxy) is 1. The van der Waals surface area contributed by atoms with Crippen LogP contribution in [0, 0.1) is 12.7 Å². The van der Waals surface area contributed by atoms with Crippen molar-refractivity contribution in [2.45, 2.75) is 20.0 Å². The Kier molecular flexibility index (Phi) is 6.04. The molecule has 5 nitrogen and oxygen atoms in total. The smallest absolute Gasteiger partial charge is 0.418 e. The highest BCUT2D eigenvalue weighted by Crippen LogP contribution is 2.30. The van der Waals surface area contributed by atoms with Crippen molar-refractivity contribution < 1.29 is 27.1 Å².